The van der Waals surface area contributed by atoms with Gasteiger partial charge in [-0.1, -0.05) is 44.5 Å². The predicted octanol–water partition coefficient (Wildman–Crippen LogP) is 4.74. The second kappa shape index (κ2) is 12.1. The predicted molar refractivity (Wildman–Crippen MR) is 141 cm³/mol. The lowest BCUT2D eigenvalue weighted by atomic mass is 9.92. The van der Waals surface area contributed by atoms with Gasteiger partial charge in [-0.05, 0) is 48.5 Å². The SMILES string of the molecule is C[C@@H](O)[C@H]1C(=O)N(C(C(=O)OCc2ccc([N+](=O)[O-])cc2)=C(Oc2ccccc2F)SC(=O)C(C)(C)C)[C@H]1Cl. The minimum absolute atomic E-state index is 0.163. The highest BCUT2D eigenvalue weighted by atomic mass is 35.5. The van der Waals surface area contributed by atoms with Crippen molar-refractivity contribution in [2.45, 2.75) is 45.9 Å². The van der Waals surface area contributed by atoms with Gasteiger partial charge in [-0.2, -0.15) is 0 Å². The Bertz CT molecular complexity index is 1310. The number of hydrogen-bond acceptors (Lipinski definition) is 9. The number of thioether (sulfide) groups is 1. The van der Waals surface area contributed by atoms with E-state index >= 15 is 0 Å². The first-order valence-corrected chi connectivity index (χ1v) is 12.9. The maximum Gasteiger partial charge on any atom is 0.359 e. The zero-order valence-electron chi connectivity index (χ0n) is 21.4. The number of hydrogen-bond donors (Lipinski definition) is 1. The summed E-state index contributed by atoms with van der Waals surface area (Å²) in [7, 11) is 0. The van der Waals surface area contributed by atoms with Gasteiger partial charge in [0.2, 0.25) is 11.0 Å². The molecule has 39 heavy (non-hydrogen) atoms. The first-order chi connectivity index (χ1) is 18.2. The number of rotatable bonds is 9. The highest BCUT2D eigenvalue weighted by Gasteiger charge is 2.53. The van der Waals surface area contributed by atoms with Crippen LogP contribution in [-0.4, -0.2) is 43.5 Å². The molecule has 3 rings (SSSR count). The number of β-lactam (4-membered cyclic amide) rings is 1. The highest BCUT2D eigenvalue weighted by molar-refractivity contribution is 8.16. The number of carbonyl (C=O) groups is 3. The van der Waals surface area contributed by atoms with E-state index in [9.17, 15) is 34.0 Å². The van der Waals surface area contributed by atoms with E-state index in [1.165, 1.54) is 49.4 Å². The van der Waals surface area contributed by atoms with Gasteiger partial charge in [0.15, 0.2) is 22.4 Å². The third-order valence-corrected chi connectivity index (χ3v) is 7.29. The minimum Gasteiger partial charge on any atom is -0.456 e. The second-order valence-electron chi connectivity index (χ2n) is 9.66. The molecular formula is C26H26ClFN2O8S. The Morgan fingerprint density at radius 2 is 1.82 bits per heavy atom. The summed E-state index contributed by atoms with van der Waals surface area (Å²) in [5.41, 5.74) is -2.45. The van der Waals surface area contributed by atoms with Crippen LogP contribution in [0.5, 0.6) is 5.75 Å². The van der Waals surface area contributed by atoms with Crippen LogP contribution in [0.1, 0.15) is 33.3 Å². The van der Waals surface area contributed by atoms with Gasteiger partial charge >= 0.3 is 5.97 Å². The number of nitro groups is 1. The molecule has 3 atom stereocenters. The van der Waals surface area contributed by atoms with E-state index in [2.05, 4.69) is 0 Å². The lowest BCUT2D eigenvalue weighted by molar-refractivity contribution is -0.384. The molecule has 0 bridgehead atoms. The summed E-state index contributed by atoms with van der Waals surface area (Å²) >= 11 is 6.86. The van der Waals surface area contributed by atoms with Crippen LogP contribution in [0.3, 0.4) is 0 Å². The molecule has 0 aliphatic carbocycles. The van der Waals surface area contributed by atoms with Crippen molar-refractivity contribution in [1.29, 1.82) is 0 Å². The molecule has 2 aromatic rings. The van der Waals surface area contributed by atoms with Gasteiger partial charge < -0.3 is 14.6 Å². The third-order valence-electron chi connectivity index (χ3n) is 5.57. The normalized spacial score (nSPS) is 18.5. The molecule has 208 valence electrons. The summed E-state index contributed by atoms with van der Waals surface area (Å²) in [6, 6.07) is 10.5. The van der Waals surface area contributed by atoms with Crippen LogP contribution in [0, 0.1) is 27.3 Å². The zero-order valence-corrected chi connectivity index (χ0v) is 23.0. The van der Waals surface area contributed by atoms with Gasteiger partial charge in [0.1, 0.15) is 12.1 Å². The summed E-state index contributed by atoms with van der Waals surface area (Å²) < 4.78 is 25.6. The molecule has 0 saturated carbocycles. The molecule has 1 aliphatic heterocycles. The largest absolute Gasteiger partial charge is 0.456 e. The summed E-state index contributed by atoms with van der Waals surface area (Å²) in [6.45, 7) is 5.87. The van der Waals surface area contributed by atoms with Crippen molar-refractivity contribution in [3.8, 4) is 5.75 Å². The molecule has 10 nitrogen and oxygen atoms in total. The van der Waals surface area contributed by atoms with Crippen molar-refractivity contribution in [2.24, 2.45) is 11.3 Å². The van der Waals surface area contributed by atoms with Crippen LogP contribution in [0.2, 0.25) is 0 Å². The lowest BCUT2D eigenvalue weighted by Crippen LogP contribution is -2.62. The number of aliphatic hydroxyl groups excluding tert-OH is 1. The first-order valence-electron chi connectivity index (χ1n) is 11.7. The molecule has 0 spiro atoms. The fourth-order valence-electron chi connectivity index (χ4n) is 3.34. The van der Waals surface area contributed by atoms with Crippen molar-refractivity contribution >= 4 is 46.0 Å². The van der Waals surface area contributed by atoms with Crippen LogP contribution < -0.4 is 4.74 Å². The van der Waals surface area contributed by atoms with E-state index in [1.54, 1.807) is 20.8 Å². The van der Waals surface area contributed by atoms with Crippen LogP contribution in [0.4, 0.5) is 10.1 Å². The maximum absolute atomic E-state index is 14.5. The Balaban J connectivity index is 2.06. The van der Waals surface area contributed by atoms with Crippen LogP contribution in [-0.2, 0) is 25.7 Å². The Morgan fingerprint density at radius 1 is 1.21 bits per heavy atom. The average Bonchev–Trinajstić information content (AvgIpc) is 2.86. The van der Waals surface area contributed by atoms with Gasteiger partial charge in [0.25, 0.3) is 5.69 Å². The molecule has 1 heterocycles. The van der Waals surface area contributed by atoms with Crippen LogP contribution in [0.25, 0.3) is 0 Å². The van der Waals surface area contributed by atoms with Crippen molar-refractivity contribution in [1.82, 2.24) is 4.90 Å². The number of esters is 1. The second-order valence-corrected chi connectivity index (χ2v) is 11.0. The summed E-state index contributed by atoms with van der Waals surface area (Å²) in [5, 5.41) is 20.0. The fourth-order valence-corrected chi connectivity index (χ4v) is 4.74. The first kappa shape index (κ1) is 30.1. The van der Waals surface area contributed by atoms with Gasteiger partial charge in [0, 0.05) is 17.5 Å². The molecule has 0 radical (unpaired) electrons. The van der Waals surface area contributed by atoms with E-state index in [4.69, 9.17) is 21.1 Å². The van der Waals surface area contributed by atoms with Crippen molar-refractivity contribution in [2.75, 3.05) is 0 Å². The molecule has 1 fully saturated rings. The molecule has 1 aliphatic rings. The molecule has 1 N–H and O–H groups in total. The van der Waals surface area contributed by atoms with Crippen LogP contribution in [0.15, 0.2) is 59.3 Å². The van der Waals surface area contributed by atoms with Gasteiger partial charge in [-0.3, -0.25) is 24.6 Å². The van der Waals surface area contributed by atoms with E-state index in [-0.39, 0.29) is 18.0 Å². The molecule has 1 saturated heterocycles. The number of carbonyl (C=O) groups excluding carboxylic acids is 3. The van der Waals surface area contributed by atoms with E-state index in [1.807, 2.05) is 0 Å². The van der Waals surface area contributed by atoms with Crippen molar-refractivity contribution < 1.29 is 38.3 Å². The zero-order chi connectivity index (χ0) is 29.1. The molecule has 0 unspecified atom stereocenters. The number of ether oxygens (including phenoxy) is 2. The van der Waals surface area contributed by atoms with E-state index < -0.39 is 61.5 Å². The smallest absolute Gasteiger partial charge is 0.359 e. The standard InChI is InChI=1S/C26H26ClFN2O8S/c1-14(31)19-21(27)29(22(19)32)20(23(33)37-13-15-9-11-16(12-10-15)30(35)36)24(39-25(34)26(2,3)4)38-18-8-6-5-7-17(18)28/h5-12,14,19,21,31H,13H2,1-4H3/t14-,19-,21-/m1/s1. The number of alkyl halides is 1. The van der Waals surface area contributed by atoms with Gasteiger partial charge in [0.05, 0.1) is 16.9 Å². The number of aliphatic hydroxyl groups is 1. The Kier molecular flexibility index (Phi) is 9.36. The summed E-state index contributed by atoms with van der Waals surface area (Å²) in [5.74, 6) is -4.03. The average molecular weight is 581 g/mol. The summed E-state index contributed by atoms with van der Waals surface area (Å²) in [6.07, 6.45) is -1.14. The number of amides is 1. The van der Waals surface area contributed by atoms with Crippen LogP contribution >= 0.6 is 23.4 Å². The molecular weight excluding hydrogens is 555 g/mol. The number of nitrogens with zero attached hydrogens (tertiary/aromatic N) is 2. The number of halogens is 2. The third kappa shape index (κ3) is 6.94. The van der Waals surface area contributed by atoms with Gasteiger partial charge in [-0.25, -0.2) is 9.18 Å². The fraction of sp³-hybridized carbons (Fsp3) is 0.346. The number of nitro benzene ring substituents is 1. The lowest BCUT2D eigenvalue weighted by Gasteiger charge is -2.45. The summed E-state index contributed by atoms with van der Waals surface area (Å²) in [4.78, 5) is 50.6. The molecule has 0 aromatic heterocycles. The number of benzene rings is 2. The topological polar surface area (TPSA) is 136 Å². The van der Waals surface area contributed by atoms with Gasteiger partial charge in [-0.15, -0.1) is 0 Å². The minimum atomic E-state index is -1.20. The number of para-hydroxylation sites is 1. The van der Waals surface area contributed by atoms with E-state index in [0.29, 0.717) is 17.3 Å². The van der Waals surface area contributed by atoms with Crippen molar-refractivity contribution in [3.63, 3.8) is 0 Å². The highest BCUT2D eigenvalue weighted by Crippen LogP contribution is 2.41. The number of likely N-dealkylation sites (tertiary alicyclic amines) is 1. The quantitative estimate of drug-likeness (QED) is 0.0652. The Hall–Kier alpha value is -3.48. The number of non-ortho nitro benzene ring substituents is 1. The monoisotopic (exact) mass is 580 g/mol. The molecule has 13 heteroatoms. The maximum atomic E-state index is 14.5. The molecule has 2 aromatic carbocycles. The molecule has 1 amide bonds. The Morgan fingerprint density at radius 3 is 2.33 bits per heavy atom. The van der Waals surface area contributed by atoms with Crippen molar-refractivity contribution in [3.05, 3.63) is 80.8 Å². The Labute approximate surface area is 232 Å². The van der Waals surface area contributed by atoms with E-state index in [0.717, 1.165) is 11.0 Å².